The SMILES string of the molecule is CC(=O)Oc1ccc([S+](Cc2ccccc2)Cc2ccccc2)cc1.[F][Sb-]([F])([F])([F])([F])[F]. The Morgan fingerprint density at radius 3 is 1.44 bits per heavy atom. The van der Waals surface area contributed by atoms with Gasteiger partial charge in [0.05, 0.1) is 0 Å². The summed E-state index contributed by atoms with van der Waals surface area (Å²) in [6.07, 6.45) is 0. The molecule has 0 aliphatic carbocycles. The van der Waals surface area contributed by atoms with E-state index in [0.29, 0.717) is 5.75 Å². The van der Waals surface area contributed by atoms with E-state index in [1.165, 1.54) is 22.9 Å². The van der Waals surface area contributed by atoms with Crippen LogP contribution in [0.25, 0.3) is 0 Å². The van der Waals surface area contributed by atoms with E-state index in [1.54, 1.807) is 0 Å². The first kappa shape index (κ1) is 26.1. The second-order valence-corrected chi connectivity index (χ2v) is 14.3. The molecule has 0 bridgehead atoms. The van der Waals surface area contributed by atoms with Crippen molar-refractivity contribution in [3.63, 3.8) is 0 Å². The summed E-state index contributed by atoms with van der Waals surface area (Å²) in [5.41, 5.74) is 2.68. The zero-order valence-corrected chi connectivity index (χ0v) is 20.3. The number of esters is 1. The van der Waals surface area contributed by atoms with Crippen LogP contribution < -0.4 is 4.74 Å². The minimum atomic E-state index is -11.2. The van der Waals surface area contributed by atoms with Crippen LogP contribution in [0.3, 0.4) is 0 Å². The fraction of sp³-hybridized carbons (Fsp3) is 0.136. The second-order valence-electron chi connectivity index (χ2n) is 6.78. The van der Waals surface area contributed by atoms with Crippen molar-refractivity contribution in [1.29, 1.82) is 0 Å². The number of benzene rings is 3. The van der Waals surface area contributed by atoms with Gasteiger partial charge >= 0.3 is 42.3 Å². The molecule has 0 N–H and O–H groups in total. The molecule has 0 heterocycles. The van der Waals surface area contributed by atoms with Crippen molar-refractivity contribution in [3.8, 4) is 5.75 Å². The van der Waals surface area contributed by atoms with E-state index in [0.717, 1.165) is 11.5 Å². The Bertz CT molecular complexity index is 959. The Balaban J connectivity index is 0.000000451. The topological polar surface area (TPSA) is 26.3 Å². The van der Waals surface area contributed by atoms with Crippen molar-refractivity contribution in [2.45, 2.75) is 23.3 Å². The van der Waals surface area contributed by atoms with Crippen molar-refractivity contribution in [3.05, 3.63) is 96.1 Å². The molecule has 0 saturated carbocycles. The second kappa shape index (κ2) is 9.79. The molecule has 0 radical (unpaired) electrons. The summed E-state index contributed by atoms with van der Waals surface area (Å²) in [5, 5.41) is 0. The van der Waals surface area contributed by atoms with Crippen LogP contribution in [0.4, 0.5) is 16.9 Å². The Morgan fingerprint density at radius 2 is 1.09 bits per heavy atom. The molecular weight excluding hydrogens is 564 g/mol. The third-order valence-electron chi connectivity index (χ3n) is 3.79. The fourth-order valence-corrected chi connectivity index (χ4v) is 4.78. The van der Waals surface area contributed by atoms with Gasteiger partial charge in [-0.3, -0.25) is 4.79 Å². The van der Waals surface area contributed by atoms with Crippen molar-refractivity contribution in [2.75, 3.05) is 0 Å². The Kier molecular flexibility index (Phi) is 8.00. The maximum absolute atomic E-state index is 11.2. The summed E-state index contributed by atoms with van der Waals surface area (Å²) < 4.78 is 64.7. The van der Waals surface area contributed by atoms with Gasteiger partial charge in [-0.2, -0.15) is 0 Å². The molecule has 0 unspecified atom stereocenters. The summed E-state index contributed by atoms with van der Waals surface area (Å²) >= 11 is -11.2. The number of halogens is 6. The molecule has 0 amide bonds. The van der Waals surface area contributed by atoms with E-state index in [2.05, 4.69) is 60.7 Å². The summed E-state index contributed by atoms with van der Waals surface area (Å²) in [7, 11) is 0.0487. The van der Waals surface area contributed by atoms with Crippen LogP contribution >= 0.6 is 0 Å². The molecule has 0 aromatic heterocycles. The summed E-state index contributed by atoms with van der Waals surface area (Å²) in [6.45, 7) is 1.42. The number of carbonyl (C=O) groups is 1. The third-order valence-corrected chi connectivity index (χ3v) is 6.09. The van der Waals surface area contributed by atoms with Crippen LogP contribution in [0.2, 0.25) is 0 Å². The molecule has 3 rings (SSSR count). The molecule has 3 aromatic rings. The van der Waals surface area contributed by atoms with Crippen LogP contribution in [-0.4, -0.2) is 25.4 Å². The van der Waals surface area contributed by atoms with E-state index in [1.807, 2.05) is 24.3 Å². The average Bonchev–Trinajstić information content (AvgIpc) is 2.67. The Labute approximate surface area is 187 Å². The zero-order chi connectivity index (χ0) is 23.9. The number of hydrogen-bond acceptors (Lipinski definition) is 2. The quantitative estimate of drug-likeness (QED) is 0.101. The van der Waals surface area contributed by atoms with Crippen LogP contribution in [0.15, 0.2) is 89.8 Å². The fourth-order valence-electron chi connectivity index (χ4n) is 2.63. The van der Waals surface area contributed by atoms with Gasteiger partial charge in [0, 0.05) is 28.9 Å². The Hall–Kier alpha value is -2.12. The number of carbonyl (C=O) groups excluding carboxylic acids is 1. The van der Waals surface area contributed by atoms with E-state index in [4.69, 9.17) is 4.74 Å². The standard InChI is InChI=1S/C22H21O2S.6FH.Sb/c1-18(23)24-21-12-14-22(15-13-21)25(16-19-8-4-2-5-9-19)17-20-10-6-3-7-11-20;;;;;;;/h2-15H,16-17H2,1H3;6*1H;/q+1;;;;;;;+5/p-6. The van der Waals surface area contributed by atoms with Gasteiger partial charge < -0.3 is 4.74 Å². The molecule has 3 aromatic carbocycles. The molecule has 0 fully saturated rings. The first-order valence-electron chi connectivity index (χ1n) is 9.26. The van der Waals surface area contributed by atoms with Gasteiger partial charge in [0.1, 0.15) is 17.3 Å². The third kappa shape index (κ3) is 12.7. The average molecular weight is 585 g/mol. The number of rotatable bonds is 6. The zero-order valence-electron chi connectivity index (χ0n) is 16.9. The molecule has 0 aliphatic heterocycles. The number of hydrogen-bond donors (Lipinski definition) is 0. The van der Waals surface area contributed by atoms with Gasteiger partial charge in [-0.15, -0.1) is 0 Å². The Morgan fingerprint density at radius 1 is 0.719 bits per heavy atom. The van der Waals surface area contributed by atoms with E-state index in [-0.39, 0.29) is 16.9 Å². The molecule has 0 atom stereocenters. The van der Waals surface area contributed by atoms with Crippen molar-refractivity contribution < 1.29 is 26.4 Å². The van der Waals surface area contributed by atoms with Gasteiger partial charge in [0.2, 0.25) is 0 Å². The van der Waals surface area contributed by atoms with Crippen LogP contribution in [0.1, 0.15) is 18.1 Å². The molecular formula is C22H21F6O2SSb. The first-order valence-corrected chi connectivity index (χ1v) is 16.6. The first-order chi connectivity index (χ1) is 14.7. The monoisotopic (exact) mass is 584 g/mol. The molecule has 2 nitrogen and oxygen atoms in total. The van der Waals surface area contributed by atoms with Crippen LogP contribution in [0, 0.1) is 0 Å². The van der Waals surface area contributed by atoms with Gasteiger partial charge in [-0.1, -0.05) is 60.7 Å². The number of ether oxygens (including phenoxy) is 1. The van der Waals surface area contributed by atoms with Crippen molar-refractivity contribution in [2.24, 2.45) is 0 Å². The normalized spacial score (nSPS) is 13.4. The van der Waals surface area contributed by atoms with Gasteiger partial charge in [0.25, 0.3) is 0 Å². The molecule has 0 saturated heterocycles. The van der Waals surface area contributed by atoms with E-state index >= 15 is 0 Å². The van der Waals surface area contributed by atoms with Gasteiger partial charge in [-0.25, -0.2) is 0 Å². The van der Waals surface area contributed by atoms with Gasteiger partial charge in [0.15, 0.2) is 4.90 Å². The molecule has 32 heavy (non-hydrogen) atoms. The predicted octanol–water partition coefficient (Wildman–Crippen LogP) is 7.13. The van der Waals surface area contributed by atoms with Crippen LogP contribution in [-0.2, 0) is 27.2 Å². The van der Waals surface area contributed by atoms with Gasteiger partial charge in [-0.05, 0) is 24.3 Å². The van der Waals surface area contributed by atoms with Crippen LogP contribution in [0.5, 0.6) is 5.75 Å². The predicted molar refractivity (Wildman–Crippen MR) is 116 cm³/mol. The maximum atomic E-state index is 11.1. The summed E-state index contributed by atoms with van der Waals surface area (Å²) in [6, 6.07) is 29.1. The summed E-state index contributed by atoms with van der Waals surface area (Å²) in [5.74, 6) is 2.31. The van der Waals surface area contributed by atoms with Crippen molar-refractivity contribution >= 4 is 36.3 Å². The van der Waals surface area contributed by atoms with E-state index < -0.39 is 19.5 Å². The van der Waals surface area contributed by atoms with E-state index in [9.17, 15) is 21.7 Å². The van der Waals surface area contributed by atoms with Crippen molar-refractivity contribution in [1.82, 2.24) is 0 Å². The molecule has 0 spiro atoms. The summed E-state index contributed by atoms with van der Waals surface area (Å²) in [4.78, 5) is 12.4. The molecule has 0 aliphatic rings. The minimum absolute atomic E-state index is 0.0487. The molecule has 10 heteroatoms. The molecule has 174 valence electrons.